The molecular formula is C11H9FN2O4S. The number of rotatable bonds is 5. The Bertz CT molecular complexity index is 602. The van der Waals surface area contributed by atoms with Crippen LogP contribution in [0.5, 0.6) is 5.75 Å². The van der Waals surface area contributed by atoms with Crippen LogP contribution in [0, 0.1) is 5.82 Å². The van der Waals surface area contributed by atoms with Crippen molar-refractivity contribution < 1.29 is 23.6 Å². The molecule has 2 aromatic rings. The summed E-state index contributed by atoms with van der Waals surface area (Å²) >= 11 is 0.912. The van der Waals surface area contributed by atoms with Gasteiger partial charge < -0.3 is 14.4 Å². The van der Waals surface area contributed by atoms with E-state index in [0.717, 1.165) is 11.8 Å². The van der Waals surface area contributed by atoms with Crippen molar-refractivity contribution in [3.05, 3.63) is 24.0 Å². The first-order chi connectivity index (χ1) is 9.10. The Hall–Kier alpha value is -2.09. The number of hydrogen-bond acceptors (Lipinski definition) is 6. The Kier molecular flexibility index (Phi) is 4.00. The number of nitrogens with zero attached hydrogens (tertiary/aromatic N) is 2. The van der Waals surface area contributed by atoms with Gasteiger partial charge in [0.05, 0.1) is 7.11 Å². The fraction of sp³-hybridized carbons (Fsp3) is 0.182. The number of thioether (sulfide) groups is 1. The summed E-state index contributed by atoms with van der Waals surface area (Å²) in [6.45, 7) is 0. The molecule has 6 nitrogen and oxygen atoms in total. The van der Waals surface area contributed by atoms with Crippen LogP contribution in [-0.2, 0) is 4.79 Å². The van der Waals surface area contributed by atoms with Crippen LogP contribution in [-0.4, -0.2) is 34.1 Å². The number of ether oxygens (including phenoxy) is 1. The van der Waals surface area contributed by atoms with Crippen LogP contribution in [0.1, 0.15) is 0 Å². The Balaban J connectivity index is 2.20. The van der Waals surface area contributed by atoms with E-state index >= 15 is 0 Å². The first-order valence-electron chi connectivity index (χ1n) is 5.12. The summed E-state index contributed by atoms with van der Waals surface area (Å²) in [5.41, 5.74) is 0.518. The van der Waals surface area contributed by atoms with E-state index in [0.29, 0.717) is 5.56 Å². The second-order valence-electron chi connectivity index (χ2n) is 3.42. The number of carboxylic acids is 1. The van der Waals surface area contributed by atoms with Gasteiger partial charge in [0.25, 0.3) is 5.22 Å². The third-order valence-corrected chi connectivity index (χ3v) is 2.94. The topological polar surface area (TPSA) is 85.5 Å². The molecule has 0 saturated carbocycles. The second-order valence-corrected chi connectivity index (χ2v) is 4.34. The normalized spacial score (nSPS) is 10.4. The number of hydrogen-bond donors (Lipinski definition) is 1. The lowest BCUT2D eigenvalue weighted by Crippen LogP contribution is -1.97. The van der Waals surface area contributed by atoms with Crippen LogP contribution < -0.4 is 4.74 Å². The molecular weight excluding hydrogens is 275 g/mol. The molecule has 0 atom stereocenters. The predicted molar refractivity (Wildman–Crippen MR) is 64.6 cm³/mol. The summed E-state index contributed by atoms with van der Waals surface area (Å²) < 4.78 is 23.0. The smallest absolute Gasteiger partial charge is 0.314 e. The van der Waals surface area contributed by atoms with Crippen molar-refractivity contribution in [3.8, 4) is 17.1 Å². The molecule has 2 rings (SSSR count). The van der Waals surface area contributed by atoms with Gasteiger partial charge in [-0.15, -0.1) is 0 Å². The molecule has 0 fully saturated rings. The van der Waals surface area contributed by atoms with E-state index in [9.17, 15) is 9.18 Å². The van der Waals surface area contributed by atoms with Gasteiger partial charge in [0, 0.05) is 5.56 Å². The highest BCUT2D eigenvalue weighted by atomic mass is 32.2. The van der Waals surface area contributed by atoms with E-state index in [1.807, 2.05) is 0 Å². The highest BCUT2D eigenvalue weighted by molar-refractivity contribution is 7.99. The van der Waals surface area contributed by atoms with E-state index in [-0.39, 0.29) is 22.5 Å². The number of halogens is 1. The minimum Gasteiger partial charge on any atom is -0.494 e. The van der Waals surface area contributed by atoms with Crippen molar-refractivity contribution >= 4 is 17.7 Å². The maximum atomic E-state index is 13.2. The molecule has 0 bridgehead atoms. The number of aliphatic carboxylic acids is 1. The highest BCUT2D eigenvalue weighted by Gasteiger charge is 2.12. The fourth-order valence-corrected chi connectivity index (χ4v) is 1.80. The number of carboxylic acid groups (broad SMARTS) is 1. The van der Waals surface area contributed by atoms with Crippen LogP contribution in [0.4, 0.5) is 4.39 Å². The average molecular weight is 284 g/mol. The largest absolute Gasteiger partial charge is 0.494 e. The van der Waals surface area contributed by atoms with Gasteiger partial charge in [-0.1, -0.05) is 16.9 Å². The van der Waals surface area contributed by atoms with E-state index in [4.69, 9.17) is 14.4 Å². The standard InChI is InChI=1S/C11H9FN2O4S/c1-17-8-4-6(2-3-7(8)12)10-13-11(18-14-10)19-5-9(15)16/h2-4H,5H2,1H3,(H,15,16). The number of benzene rings is 1. The zero-order valence-electron chi connectivity index (χ0n) is 9.79. The SMILES string of the molecule is COc1cc(-c2noc(SCC(=O)O)n2)ccc1F. The average Bonchev–Trinajstić information content (AvgIpc) is 2.86. The number of aromatic nitrogens is 2. The number of carbonyl (C=O) groups is 1. The molecule has 0 aliphatic carbocycles. The second kappa shape index (κ2) is 5.70. The van der Waals surface area contributed by atoms with Gasteiger partial charge in [0.2, 0.25) is 5.82 Å². The zero-order valence-corrected chi connectivity index (χ0v) is 10.6. The van der Waals surface area contributed by atoms with Crippen molar-refractivity contribution in [2.24, 2.45) is 0 Å². The van der Waals surface area contributed by atoms with Gasteiger partial charge in [0.1, 0.15) is 5.75 Å². The van der Waals surface area contributed by atoms with Crippen molar-refractivity contribution in [1.29, 1.82) is 0 Å². The molecule has 8 heteroatoms. The minimum atomic E-state index is -0.979. The molecule has 0 amide bonds. The molecule has 19 heavy (non-hydrogen) atoms. The lowest BCUT2D eigenvalue weighted by molar-refractivity contribution is -0.133. The maximum absolute atomic E-state index is 13.2. The summed E-state index contributed by atoms with van der Waals surface area (Å²) in [7, 11) is 1.35. The first kappa shape index (κ1) is 13.3. The van der Waals surface area contributed by atoms with Crippen LogP contribution in [0.15, 0.2) is 27.9 Å². The molecule has 1 aromatic heterocycles. The summed E-state index contributed by atoms with van der Waals surface area (Å²) in [5.74, 6) is -1.33. The van der Waals surface area contributed by atoms with Crippen LogP contribution in [0.25, 0.3) is 11.4 Å². The molecule has 0 spiro atoms. The Morgan fingerprint density at radius 1 is 1.58 bits per heavy atom. The van der Waals surface area contributed by atoms with Gasteiger partial charge in [-0.2, -0.15) is 4.98 Å². The zero-order chi connectivity index (χ0) is 13.8. The Morgan fingerprint density at radius 2 is 2.37 bits per heavy atom. The van der Waals surface area contributed by atoms with Gasteiger partial charge >= 0.3 is 5.97 Å². The molecule has 0 saturated heterocycles. The molecule has 0 unspecified atom stereocenters. The van der Waals surface area contributed by atoms with E-state index in [1.54, 1.807) is 0 Å². The molecule has 0 aliphatic rings. The molecule has 0 radical (unpaired) electrons. The Labute approximate surface area is 111 Å². The van der Waals surface area contributed by atoms with Crippen molar-refractivity contribution in [2.75, 3.05) is 12.9 Å². The monoisotopic (exact) mass is 284 g/mol. The van der Waals surface area contributed by atoms with Gasteiger partial charge in [-0.25, -0.2) is 4.39 Å². The quantitative estimate of drug-likeness (QED) is 0.841. The van der Waals surface area contributed by atoms with Crippen molar-refractivity contribution in [3.63, 3.8) is 0 Å². The Morgan fingerprint density at radius 3 is 3.05 bits per heavy atom. The van der Waals surface area contributed by atoms with Crippen LogP contribution in [0.2, 0.25) is 0 Å². The van der Waals surface area contributed by atoms with Gasteiger partial charge in [-0.3, -0.25) is 4.79 Å². The molecule has 1 aromatic carbocycles. The summed E-state index contributed by atoms with van der Waals surface area (Å²) in [4.78, 5) is 14.4. The van der Waals surface area contributed by atoms with Crippen LogP contribution in [0.3, 0.4) is 0 Å². The maximum Gasteiger partial charge on any atom is 0.314 e. The third-order valence-electron chi connectivity index (χ3n) is 2.14. The molecule has 100 valence electrons. The number of methoxy groups -OCH3 is 1. The molecule has 0 aliphatic heterocycles. The first-order valence-corrected chi connectivity index (χ1v) is 6.11. The van der Waals surface area contributed by atoms with E-state index in [2.05, 4.69) is 10.1 Å². The molecule has 1 heterocycles. The minimum absolute atomic E-state index is 0.0713. The summed E-state index contributed by atoms with van der Waals surface area (Å²) in [6.07, 6.45) is 0. The van der Waals surface area contributed by atoms with E-state index < -0.39 is 11.8 Å². The van der Waals surface area contributed by atoms with E-state index in [1.165, 1.54) is 25.3 Å². The summed E-state index contributed by atoms with van der Waals surface area (Å²) in [5, 5.41) is 12.4. The van der Waals surface area contributed by atoms with Crippen LogP contribution >= 0.6 is 11.8 Å². The van der Waals surface area contributed by atoms with Crippen molar-refractivity contribution in [2.45, 2.75) is 5.22 Å². The van der Waals surface area contributed by atoms with Gasteiger partial charge in [0.15, 0.2) is 11.6 Å². The molecule has 1 N–H and O–H groups in total. The van der Waals surface area contributed by atoms with Crippen molar-refractivity contribution in [1.82, 2.24) is 10.1 Å². The lowest BCUT2D eigenvalue weighted by atomic mass is 10.2. The predicted octanol–water partition coefficient (Wildman–Crippen LogP) is 2.06. The summed E-state index contributed by atoms with van der Waals surface area (Å²) in [6, 6.07) is 4.15. The third kappa shape index (κ3) is 3.22. The highest BCUT2D eigenvalue weighted by Crippen LogP contribution is 2.26. The fourth-order valence-electron chi connectivity index (χ4n) is 1.31. The van der Waals surface area contributed by atoms with Gasteiger partial charge in [-0.05, 0) is 18.2 Å². The lowest BCUT2D eigenvalue weighted by Gasteiger charge is -2.02.